The summed E-state index contributed by atoms with van der Waals surface area (Å²) in [6.45, 7) is 0. The van der Waals surface area contributed by atoms with Crippen LogP contribution in [-0.2, 0) is 11.2 Å². The normalized spacial score (nSPS) is 18.1. The van der Waals surface area contributed by atoms with E-state index in [1.807, 2.05) is 0 Å². The molecule has 1 aromatic carbocycles. The van der Waals surface area contributed by atoms with Crippen LogP contribution in [0.5, 0.6) is 0 Å². The number of nitrogens with zero attached hydrogens (tertiary/aromatic N) is 1. The van der Waals surface area contributed by atoms with E-state index in [2.05, 4.69) is 5.32 Å². The number of rotatable bonds is 2. The average molecular weight is 236 g/mol. The molecular weight excluding hydrogens is 228 g/mol. The first-order valence-corrected chi connectivity index (χ1v) is 4.80. The Kier molecular flexibility index (Phi) is 2.51. The van der Waals surface area contributed by atoms with Crippen molar-refractivity contribution in [3.63, 3.8) is 0 Å². The van der Waals surface area contributed by atoms with Crippen molar-refractivity contribution in [2.75, 3.05) is 0 Å². The second-order valence-electron chi connectivity index (χ2n) is 3.67. The molecule has 1 aromatic rings. The van der Waals surface area contributed by atoms with Gasteiger partial charge in [0.2, 0.25) is 0 Å². The number of nitro groups is 1. The molecule has 7 nitrogen and oxygen atoms in total. The van der Waals surface area contributed by atoms with Crippen LogP contribution in [0.2, 0.25) is 0 Å². The molecule has 1 aliphatic heterocycles. The van der Waals surface area contributed by atoms with Crippen LogP contribution in [0.4, 0.5) is 5.69 Å². The van der Waals surface area contributed by atoms with Crippen molar-refractivity contribution in [2.24, 2.45) is 0 Å². The molecule has 0 bridgehead atoms. The fraction of sp³-hybridized carbons (Fsp3) is 0.200. The highest BCUT2D eigenvalue weighted by Crippen LogP contribution is 2.22. The molecule has 7 heteroatoms. The number of nitrogens with one attached hydrogen (secondary N) is 1. The minimum Gasteiger partial charge on any atom is -0.480 e. The average Bonchev–Trinajstić information content (AvgIpc) is 2.28. The summed E-state index contributed by atoms with van der Waals surface area (Å²) in [6.07, 6.45) is 0.133. The van der Waals surface area contributed by atoms with E-state index in [1.165, 1.54) is 12.1 Å². The van der Waals surface area contributed by atoms with E-state index in [4.69, 9.17) is 5.11 Å². The largest absolute Gasteiger partial charge is 0.480 e. The molecule has 2 N–H and O–H groups in total. The molecule has 17 heavy (non-hydrogen) atoms. The van der Waals surface area contributed by atoms with Crippen molar-refractivity contribution in [3.05, 3.63) is 39.4 Å². The van der Waals surface area contributed by atoms with E-state index >= 15 is 0 Å². The zero-order valence-corrected chi connectivity index (χ0v) is 8.54. The summed E-state index contributed by atoms with van der Waals surface area (Å²) in [7, 11) is 0. The van der Waals surface area contributed by atoms with Gasteiger partial charge in [0.1, 0.15) is 6.04 Å². The van der Waals surface area contributed by atoms with Gasteiger partial charge in [-0.1, -0.05) is 6.07 Å². The lowest BCUT2D eigenvalue weighted by atomic mass is 9.95. The van der Waals surface area contributed by atoms with Gasteiger partial charge in [-0.3, -0.25) is 14.9 Å². The third-order valence-electron chi connectivity index (χ3n) is 2.58. The summed E-state index contributed by atoms with van der Waals surface area (Å²) >= 11 is 0. The quantitative estimate of drug-likeness (QED) is 0.568. The molecule has 2 rings (SSSR count). The molecule has 1 aliphatic rings. The van der Waals surface area contributed by atoms with Crippen molar-refractivity contribution in [2.45, 2.75) is 12.5 Å². The van der Waals surface area contributed by atoms with Gasteiger partial charge in [0.05, 0.1) is 4.92 Å². The fourth-order valence-corrected chi connectivity index (χ4v) is 1.72. The van der Waals surface area contributed by atoms with Gasteiger partial charge in [-0.05, 0) is 5.56 Å². The number of amides is 1. The van der Waals surface area contributed by atoms with E-state index in [0.29, 0.717) is 5.56 Å². The van der Waals surface area contributed by atoms with Crippen molar-refractivity contribution in [1.29, 1.82) is 0 Å². The maximum atomic E-state index is 11.6. The number of hydrogen-bond acceptors (Lipinski definition) is 4. The minimum atomic E-state index is -1.12. The Morgan fingerprint density at radius 3 is 2.82 bits per heavy atom. The van der Waals surface area contributed by atoms with E-state index in [0.717, 1.165) is 6.07 Å². The van der Waals surface area contributed by atoms with Crippen LogP contribution in [-0.4, -0.2) is 27.9 Å². The van der Waals surface area contributed by atoms with Gasteiger partial charge in [0.25, 0.3) is 11.6 Å². The molecule has 0 fully saturated rings. The minimum absolute atomic E-state index is 0.133. The summed E-state index contributed by atoms with van der Waals surface area (Å²) in [5.74, 6) is -1.72. The molecule has 0 radical (unpaired) electrons. The van der Waals surface area contributed by atoms with Gasteiger partial charge in [0.15, 0.2) is 0 Å². The standard InChI is InChI=1S/C10H8N2O5/c13-9-7-4-6(12(16)17)2-1-5(7)3-8(11-9)10(14)15/h1-2,4,8H,3H2,(H,11,13)(H,14,15). The Morgan fingerprint density at radius 2 is 2.24 bits per heavy atom. The predicted octanol–water partition coefficient (Wildman–Crippen LogP) is 0.334. The summed E-state index contributed by atoms with van der Waals surface area (Å²) < 4.78 is 0. The van der Waals surface area contributed by atoms with Gasteiger partial charge in [-0.25, -0.2) is 4.79 Å². The molecule has 0 aliphatic carbocycles. The zero-order valence-electron chi connectivity index (χ0n) is 8.54. The Morgan fingerprint density at radius 1 is 1.53 bits per heavy atom. The highest BCUT2D eigenvalue weighted by Gasteiger charge is 2.29. The summed E-state index contributed by atoms with van der Waals surface area (Å²) in [4.78, 5) is 32.3. The number of hydrogen-bond donors (Lipinski definition) is 2. The molecule has 0 saturated carbocycles. The lowest BCUT2D eigenvalue weighted by Gasteiger charge is -2.22. The summed E-state index contributed by atoms with van der Waals surface area (Å²) in [6, 6.07) is 2.86. The maximum absolute atomic E-state index is 11.6. The SMILES string of the molecule is O=C1NC(C(=O)O)Cc2ccc([N+](=O)[O-])cc21. The van der Waals surface area contributed by atoms with Crippen LogP contribution in [0.25, 0.3) is 0 Å². The third-order valence-corrected chi connectivity index (χ3v) is 2.58. The second-order valence-corrected chi connectivity index (χ2v) is 3.67. The maximum Gasteiger partial charge on any atom is 0.326 e. The van der Waals surface area contributed by atoms with E-state index in [-0.39, 0.29) is 17.7 Å². The van der Waals surface area contributed by atoms with Crippen LogP contribution in [0.3, 0.4) is 0 Å². The first-order chi connectivity index (χ1) is 7.99. The van der Waals surface area contributed by atoms with Crippen LogP contribution >= 0.6 is 0 Å². The highest BCUT2D eigenvalue weighted by molar-refractivity contribution is 6.00. The molecule has 1 unspecified atom stereocenters. The van der Waals surface area contributed by atoms with Gasteiger partial charge in [-0.15, -0.1) is 0 Å². The van der Waals surface area contributed by atoms with Crippen molar-refractivity contribution in [3.8, 4) is 0 Å². The number of carbonyl (C=O) groups is 2. The molecule has 1 atom stereocenters. The highest BCUT2D eigenvalue weighted by atomic mass is 16.6. The van der Waals surface area contributed by atoms with Gasteiger partial charge in [-0.2, -0.15) is 0 Å². The molecule has 1 heterocycles. The monoisotopic (exact) mass is 236 g/mol. The summed E-state index contributed by atoms with van der Waals surface area (Å²) in [5.41, 5.74) is 0.483. The molecular formula is C10H8N2O5. The van der Waals surface area contributed by atoms with Gasteiger partial charge < -0.3 is 10.4 Å². The molecule has 88 valence electrons. The number of carboxylic acid groups (broad SMARTS) is 1. The van der Waals surface area contributed by atoms with Crippen LogP contribution in [0.15, 0.2) is 18.2 Å². The van der Waals surface area contributed by atoms with E-state index in [9.17, 15) is 19.7 Å². The predicted molar refractivity (Wildman–Crippen MR) is 55.7 cm³/mol. The Labute approximate surface area is 95.2 Å². The number of carboxylic acids is 1. The van der Waals surface area contributed by atoms with Crippen LogP contribution in [0, 0.1) is 10.1 Å². The van der Waals surface area contributed by atoms with Crippen molar-refractivity contribution >= 4 is 17.6 Å². The molecule has 0 saturated heterocycles. The first-order valence-electron chi connectivity index (χ1n) is 4.80. The molecule has 1 amide bonds. The van der Waals surface area contributed by atoms with E-state index < -0.39 is 22.8 Å². The number of benzene rings is 1. The topological polar surface area (TPSA) is 110 Å². The lowest BCUT2D eigenvalue weighted by Crippen LogP contribution is -2.46. The Balaban J connectivity index is 2.42. The number of non-ortho nitro benzene ring substituents is 1. The third kappa shape index (κ3) is 1.94. The second kappa shape index (κ2) is 3.85. The number of fused-ring (bicyclic) bond motifs is 1. The van der Waals surface area contributed by atoms with Gasteiger partial charge >= 0.3 is 5.97 Å². The van der Waals surface area contributed by atoms with E-state index in [1.54, 1.807) is 0 Å². The van der Waals surface area contributed by atoms with Crippen LogP contribution in [0.1, 0.15) is 15.9 Å². The number of carbonyl (C=O) groups excluding carboxylic acids is 1. The van der Waals surface area contributed by atoms with Gasteiger partial charge in [0, 0.05) is 24.1 Å². The molecule has 0 aromatic heterocycles. The Hall–Kier alpha value is -2.44. The van der Waals surface area contributed by atoms with Crippen molar-refractivity contribution < 1.29 is 19.6 Å². The Bertz CT molecular complexity index is 525. The number of aliphatic carboxylic acids is 1. The smallest absolute Gasteiger partial charge is 0.326 e. The van der Waals surface area contributed by atoms with Crippen molar-refractivity contribution in [1.82, 2.24) is 5.32 Å². The first kappa shape index (κ1) is 11.1. The van der Waals surface area contributed by atoms with Crippen LogP contribution < -0.4 is 5.32 Å². The zero-order chi connectivity index (χ0) is 12.6. The summed E-state index contributed by atoms with van der Waals surface area (Å²) in [5, 5.41) is 21.6. The molecule has 0 spiro atoms. The lowest BCUT2D eigenvalue weighted by molar-refractivity contribution is -0.384. The fourth-order valence-electron chi connectivity index (χ4n) is 1.72. The number of nitro benzene ring substituents is 1.